The number of methoxy groups -OCH3 is 1. The summed E-state index contributed by atoms with van der Waals surface area (Å²) >= 11 is 3.75. The first-order valence-corrected chi connectivity index (χ1v) is 19.2. The van der Waals surface area contributed by atoms with E-state index in [-0.39, 0.29) is 55.3 Å². The molecule has 0 aliphatic carbocycles. The molecule has 286 valence electrons. The van der Waals surface area contributed by atoms with Crippen LogP contribution in [0, 0.1) is 11.8 Å². The van der Waals surface area contributed by atoms with Gasteiger partial charge in [0.1, 0.15) is 17.7 Å². The Hall–Kier alpha value is -3.14. The van der Waals surface area contributed by atoms with Gasteiger partial charge in [0.15, 0.2) is 0 Å². The summed E-state index contributed by atoms with van der Waals surface area (Å²) in [6.07, 6.45) is 3.63. The van der Waals surface area contributed by atoms with Crippen molar-refractivity contribution in [3.05, 3.63) is 61.2 Å². The molecule has 5 rings (SSSR count). The molecule has 4 aliphatic heterocycles. The van der Waals surface area contributed by atoms with Gasteiger partial charge in [-0.15, -0.1) is 13.2 Å². The Bertz CT molecular complexity index is 1410. The Morgan fingerprint density at radius 3 is 2.58 bits per heavy atom. The van der Waals surface area contributed by atoms with Crippen molar-refractivity contribution in [1.29, 1.82) is 0 Å². The number of hydrogen-bond acceptors (Lipinski definition) is 10. The fourth-order valence-electron chi connectivity index (χ4n) is 8.15. The highest BCUT2D eigenvalue weighted by atomic mass is 79.9. The van der Waals surface area contributed by atoms with E-state index in [4.69, 9.17) is 18.9 Å². The van der Waals surface area contributed by atoms with Crippen LogP contribution < -0.4 is 5.32 Å². The van der Waals surface area contributed by atoms with Crippen LogP contribution in [0.15, 0.2) is 55.6 Å². The van der Waals surface area contributed by atoms with E-state index >= 15 is 0 Å². The van der Waals surface area contributed by atoms with Crippen LogP contribution in [-0.4, -0.2) is 145 Å². The predicted molar refractivity (Wildman–Crippen MR) is 196 cm³/mol. The lowest BCUT2D eigenvalue weighted by Crippen LogP contribution is -2.57. The van der Waals surface area contributed by atoms with Gasteiger partial charge in [0.25, 0.3) is 0 Å². The van der Waals surface area contributed by atoms with Crippen molar-refractivity contribution in [2.75, 3.05) is 72.8 Å². The van der Waals surface area contributed by atoms with Crippen LogP contribution in [-0.2, 0) is 38.1 Å². The molecule has 3 amide bonds. The molecule has 1 unspecified atom stereocenters. The van der Waals surface area contributed by atoms with E-state index in [2.05, 4.69) is 39.3 Å². The number of aliphatic hydroxyl groups excluding tert-OH is 1. The van der Waals surface area contributed by atoms with E-state index in [1.54, 1.807) is 22.0 Å². The number of fused-ring (bicyclic) bond motifs is 1. The highest BCUT2D eigenvalue weighted by molar-refractivity contribution is 9.09. The van der Waals surface area contributed by atoms with Gasteiger partial charge in [-0.25, -0.2) is 0 Å². The van der Waals surface area contributed by atoms with Gasteiger partial charge in [-0.2, -0.15) is 0 Å². The fourth-order valence-corrected chi connectivity index (χ4v) is 9.09. The maximum atomic E-state index is 14.7. The van der Waals surface area contributed by atoms with Gasteiger partial charge in [-0.05, 0) is 31.2 Å². The average molecular weight is 790 g/mol. The molecule has 13 nitrogen and oxygen atoms in total. The lowest BCUT2D eigenvalue weighted by Gasteiger charge is -2.38. The lowest BCUT2D eigenvalue weighted by molar-refractivity contribution is -0.163. The number of carbonyl (C=O) groups excluding carboxylic acids is 4. The first kappa shape index (κ1) is 40.1. The number of carbonyl (C=O) groups is 4. The quantitative estimate of drug-likeness (QED) is 0.0874. The number of allylic oxidation sites excluding steroid dienone is 1. The minimum atomic E-state index is -1.28. The van der Waals surface area contributed by atoms with Crippen molar-refractivity contribution in [2.45, 2.75) is 66.8 Å². The van der Waals surface area contributed by atoms with Crippen molar-refractivity contribution in [3.8, 4) is 0 Å². The number of ether oxygens (including phenoxy) is 4. The van der Waals surface area contributed by atoms with Crippen LogP contribution in [0.2, 0.25) is 0 Å². The van der Waals surface area contributed by atoms with Crippen LogP contribution in [0.25, 0.3) is 0 Å². The van der Waals surface area contributed by atoms with Gasteiger partial charge in [0, 0.05) is 64.2 Å². The molecule has 4 saturated heterocycles. The number of nitrogens with one attached hydrogen (secondary N) is 1. The van der Waals surface area contributed by atoms with Gasteiger partial charge in [0.2, 0.25) is 17.7 Å². The molecule has 1 aromatic rings. The maximum Gasteiger partial charge on any atom is 0.313 e. The predicted octanol–water partition coefficient (Wildman–Crippen LogP) is 2.24. The molecule has 0 aromatic heterocycles. The van der Waals surface area contributed by atoms with Gasteiger partial charge < -0.3 is 39.2 Å². The van der Waals surface area contributed by atoms with Crippen LogP contribution in [0.3, 0.4) is 0 Å². The third kappa shape index (κ3) is 8.63. The first-order valence-electron chi connectivity index (χ1n) is 18.3. The Morgan fingerprint density at radius 1 is 1.15 bits per heavy atom. The molecule has 0 saturated carbocycles. The summed E-state index contributed by atoms with van der Waals surface area (Å²) in [6, 6.07) is 7.39. The number of hydrogen-bond donors (Lipinski definition) is 2. The van der Waals surface area contributed by atoms with Crippen molar-refractivity contribution < 1.29 is 43.2 Å². The van der Waals surface area contributed by atoms with E-state index in [0.717, 1.165) is 13.1 Å². The highest BCUT2D eigenvalue weighted by Crippen LogP contribution is 2.60. The molecular weight excluding hydrogens is 736 g/mol. The number of rotatable bonds is 20. The summed E-state index contributed by atoms with van der Waals surface area (Å²) in [6.45, 7) is 12.0. The Labute approximate surface area is 314 Å². The molecule has 4 aliphatic rings. The molecule has 52 heavy (non-hydrogen) atoms. The van der Waals surface area contributed by atoms with Crippen LogP contribution in [0.4, 0.5) is 0 Å². The smallest absolute Gasteiger partial charge is 0.313 e. The molecule has 2 bridgehead atoms. The summed E-state index contributed by atoms with van der Waals surface area (Å²) < 4.78 is 24.0. The second-order valence-corrected chi connectivity index (χ2v) is 15.1. The van der Waals surface area contributed by atoms with E-state index in [1.165, 1.54) is 7.11 Å². The van der Waals surface area contributed by atoms with Crippen LogP contribution in [0.1, 0.15) is 43.8 Å². The number of benzene rings is 1. The lowest BCUT2D eigenvalue weighted by atomic mass is 9.70. The number of morpholine rings is 1. The summed E-state index contributed by atoms with van der Waals surface area (Å²) in [5.41, 5.74) is -0.630. The number of halogens is 1. The molecule has 4 heterocycles. The normalized spacial score (nSPS) is 27.9. The van der Waals surface area contributed by atoms with E-state index in [9.17, 15) is 24.3 Å². The molecule has 1 aromatic carbocycles. The summed E-state index contributed by atoms with van der Waals surface area (Å²) in [7, 11) is 1.51. The van der Waals surface area contributed by atoms with Gasteiger partial charge in [0.05, 0.1) is 43.8 Å². The fraction of sp³-hybridized carbons (Fsp3) is 0.632. The molecule has 1 spiro atoms. The Morgan fingerprint density at radius 2 is 1.90 bits per heavy atom. The van der Waals surface area contributed by atoms with Gasteiger partial charge in [-0.3, -0.25) is 24.1 Å². The van der Waals surface area contributed by atoms with Crippen LogP contribution >= 0.6 is 15.9 Å². The van der Waals surface area contributed by atoms with E-state index in [0.29, 0.717) is 57.6 Å². The van der Waals surface area contributed by atoms with Crippen molar-refractivity contribution in [3.63, 3.8) is 0 Å². The minimum Gasteiger partial charge on any atom is -0.455 e. The first-order chi connectivity index (χ1) is 25.2. The van der Waals surface area contributed by atoms with Gasteiger partial charge in [-0.1, -0.05) is 58.4 Å². The standard InChI is InChI=1S/C38H53BrN4O9/c1-4-6-14-29(45)40-28(25-49-3)32(26-12-8-7-9-13-26)51-37(48)30-31-35(46)43(16-10-11-21-44)34(38(31)24-27(39)33(30)52-38)36(47)42(15-5-2)18-17-41-19-22-50-23-20-41/h4-5,7-9,12-13,27-28,30-34,44H,1-2,6,10-11,14-25H2,3H3,(H,40,45)/t27?,28-,30+,31-,32-,33+,34+,38-/m1/s1. The van der Waals surface area contributed by atoms with Crippen molar-refractivity contribution >= 4 is 39.6 Å². The Kier molecular flexibility index (Phi) is 14.4. The third-order valence-electron chi connectivity index (χ3n) is 10.6. The number of unbranched alkanes of at least 4 members (excludes halogenated alkanes) is 1. The molecule has 14 heteroatoms. The number of amides is 3. The van der Waals surface area contributed by atoms with E-state index < -0.39 is 47.7 Å². The average Bonchev–Trinajstić information content (AvgIpc) is 3.74. The zero-order valence-electron chi connectivity index (χ0n) is 30.0. The zero-order valence-corrected chi connectivity index (χ0v) is 31.6. The summed E-state index contributed by atoms with van der Waals surface area (Å²) in [4.78, 5) is 62.0. The minimum absolute atomic E-state index is 0.0536. The zero-order chi connectivity index (χ0) is 37.3. The maximum absolute atomic E-state index is 14.7. The largest absolute Gasteiger partial charge is 0.455 e. The molecule has 0 radical (unpaired) electrons. The van der Waals surface area contributed by atoms with Crippen molar-refractivity contribution in [1.82, 2.24) is 20.0 Å². The second kappa shape index (κ2) is 18.8. The third-order valence-corrected chi connectivity index (χ3v) is 11.4. The van der Waals surface area contributed by atoms with Gasteiger partial charge >= 0.3 is 5.97 Å². The molecule has 2 N–H and O–H groups in total. The molecule has 4 fully saturated rings. The van der Waals surface area contributed by atoms with Crippen molar-refractivity contribution in [2.24, 2.45) is 11.8 Å². The number of nitrogens with zero attached hydrogens (tertiary/aromatic N) is 3. The number of esters is 1. The molecule has 8 atom stereocenters. The topological polar surface area (TPSA) is 147 Å². The Balaban J connectivity index is 1.45. The number of aliphatic hydroxyl groups is 1. The summed E-state index contributed by atoms with van der Waals surface area (Å²) in [5.74, 6) is -3.48. The second-order valence-electron chi connectivity index (χ2n) is 13.9. The van der Waals surface area contributed by atoms with Crippen LogP contribution in [0.5, 0.6) is 0 Å². The number of alkyl halides is 1. The SMILES string of the molecule is C=CCCC(=O)N[C@H](COC)[C@H](OC(=O)[C@@H]1[C@H]2O[C@@]3(CC2Br)[C@H](C(=O)N(CC=C)CCN2CCOCC2)N(CCCCO)C(=O)[C@@H]13)c1ccccc1. The monoisotopic (exact) mass is 788 g/mol. The van der Waals surface area contributed by atoms with E-state index in [1.807, 2.05) is 30.3 Å². The summed E-state index contributed by atoms with van der Waals surface area (Å²) in [5, 5.41) is 12.5. The molecular formula is C38H53BrN4O9. The highest BCUT2D eigenvalue weighted by Gasteiger charge is 2.77. The number of likely N-dealkylation sites (tertiary alicyclic amines) is 1.